The molecule has 2 fully saturated rings. The van der Waals surface area contributed by atoms with Gasteiger partial charge in [-0.15, -0.1) is 11.6 Å². The average molecular weight is 656 g/mol. The molecule has 3 aromatic heterocycles. The van der Waals surface area contributed by atoms with Crippen LogP contribution in [0, 0.1) is 29.5 Å². The Labute approximate surface area is 266 Å². The molecular formula is C31H35ClFN7O2S2. The molecule has 0 N–H and O–H groups in total. The maximum atomic E-state index is 13.6. The maximum Gasteiger partial charge on any atom is 0.214 e. The van der Waals surface area contributed by atoms with E-state index in [-0.39, 0.29) is 17.0 Å². The first-order valence-corrected chi connectivity index (χ1v) is 17.7. The van der Waals surface area contributed by atoms with Crippen molar-refractivity contribution in [3.8, 4) is 17.3 Å². The number of sulfonamides is 1. The number of nitrogens with zero attached hydrogens (tertiary/aromatic N) is 7. The van der Waals surface area contributed by atoms with E-state index in [4.69, 9.17) is 21.6 Å². The number of aromatic nitrogens is 3. The molecule has 4 aromatic rings. The molecule has 0 saturated carbocycles. The number of thiazole rings is 1. The molecule has 2 aliphatic heterocycles. The van der Waals surface area contributed by atoms with Crippen molar-refractivity contribution >= 4 is 55.2 Å². The van der Waals surface area contributed by atoms with Gasteiger partial charge in [-0.1, -0.05) is 18.3 Å². The molecule has 0 radical (unpaired) electrons. The van der Waals surface area contributed by atoms with Crippen LogP contribution in [-0.4, -0.2) is 72.0 Å². The molecule has 5 heterocycles. The van der Waals surface area contributed by atoms with Crippen LogP contribution >= 0.6 is 22.9 Å². The van der Waals surface area contributed by atoms with Crippen molar-refractivity contribution in [2.24, 2.45) is 5.41 Å². The fourth-order valence-electron chi connectivity index (χ4n) is 6.33. The van der Waals surface area contributed by atoms with Gasteiger partial charge in [0.2, 0.25) is 10.0 Å². The van der Waals surface area contributed by atoms with Crippen LogP contribution in [0.25, 0.3) is 16.9 Å². The lowest BCUT2D eigenvalue weighted by Crippen LogP contribution is -2.62. The SMILES string of the molecule is CCc1nc2c(C)cc(N3CCC4(CC3)CN(S(=O)(=O)CCCCl)C4)cn2c1N(C)c1nc(-c2ccc(F)cc2)c(C#N)s1. The Morgan fingerprint density at radius 1 is 1.18 bits per heavy atom. The fraction of sp³-hybridized carbons (Fsp3) is 0.452. The Balaban J connectivity index is 1.26. The third-order valence-electron chi connectivity index (χ3n) is 8.85. The quantitative estimate of drug-likeness (QED) is 0.205. The first kappa shape index (κ1) is 30.8. The molecule has 1 aromatic carbocycles. The molecule has 0 atom stereocenters. The molecule has 0 aliphatic carbocycles. The van der Waals surface area contributed by atoms with Crippen LogP contribution < -0.4 is 9.80 Å². The van der Waals surface area contributed by atoms with Crippen LogP contribution in [0.1, 0.15) is 42.3 Å². The molecule has 2 saturated heterocycles. The van der Waals surface area contributed by atoms with Gasteiger partial charge in [0.15, 0.2) is 5.13 Å². The second-order valence-corrected chi connectivity index (χ2v) is 15.2. The van der Waals surface area contributed by atoms with E-state index in [1.54, 1.807) is 16.4 Å². The number of nitriles is 1. The summed E-state index contributed by atoms with van der Waals surface area (Å²) in [4.78, 5) is 14.6. The first-order chi connectivity index (χ1) is 21.1. The Kier molecular flexibility index (Phi) is 8.34. The summed E-state index contributed by atoms with van der Waals surface area (Å²) in [5.74, 6) is 1.02. The summed E-state index contributed by atoms with van der Waals surface area (Å²) in [5.41, 5.74) is 5.21. The van der Waals surface area contributed by atoms with Crippen molar-refractivity contribution in [1.82, 2.24) is 18.7 Å². The minimum atomic E-state index is -3.23. The number of anilines is 3. The highest BCUT2D eigenvalue weighted by Gasteiger charge is 2.49. The molecule has 6 rings (SSSR count). The summed E-state index contributed by atoms with van der Waals surface area (Å²) < 4.78 is 42.5. The van der Waals surface area contributed by atoms with E-state index in [1.165, 1.54) is 23.5 Å². The van der Waals surface area contributed by atoms with Crippen LogP contribution in [0.3, 0.4) is 0 Å². The molecular weight excluding hydrogens is 621 g/mol. The van der Waals surface area contributed by atoms with Crippen LogP contribution in [0.4, 0.5) is 21.0 Å². The van der Waals surface area contributed by atoms with Gasteiger partial charge >= 0.3 is 0 Å². The van der Waals surface area contributed by atoms with E-state index < -0.39 is 10.0 Å². The van der Waals surface area contributed by atoms with Gasteiger partial charge in [0, 0.05) is 56.3 Å². The topological polar surface area (TPSA) is 97.8 Å². The molecule has 13 heteroatoms. The number of hydrogen-bond acceptors (Lipinski definition) is 8. The van der Waals surface area contributed by atoms with E-state index in [2.05, 4.69) is 41.5 Å². The molecule has 0 bridgehead atoms. The highest BCUT2D eigenvalue weighted by molar-refractivity contribution is 7.89. The van der Waals surface area contributed by atoms with Crippen molar-refractivity contribution < 1.29 is 12.8 Å². The molecule has 1 spiro atoms. The van der Waals surface area contributed by atoms with Gasteiger partial charge < -0.3 is 9.80 Å². The summed E-state index contributed by atoms with van der Waals surface area (Å²) in [6.07, 6.45) is 5.19. The average Bonchev–Trinajstić information content (AvgIpc) is 3.61. The lowest BCUT2D eigenvalue weighted by Gasteiger charge is -2.53. The van der Waals surface area contributed by atoms with Crippen LogP contribution in [-0.2, 0) is 16.4 Å². The zero-order valence-electron chi connectivity index (χ0n) is 25.1. The maximum absolute atomic E-state index is 13.6. The number of fused-ring (bicyclic) bond motifs is 1. The Bertz CT molecular complexity index is 1830. The summed E-state index contributed by atoms with van der Waals surface area (Å²) in [7, 11) is -1.29. The number of alkyl halides is 1. The number of pyridine rings is 1. The molecule has 0 unspecified atom stereocenters. The monoisotopic (exact) mass is 655 g/mol. The normalized spacial score (nSPS) is 16.8. The highest BCUT2D eigenvalue weighted by atomic mass is 35.5. The van der Waals surface area contributed by atoms with Gasteiger partial charge in [-0.05, 0) is 68.5 Å². The van der Waals surface area contributed by atoms with Gasteiger partial charge in [0.1, 0.15) is 33.9 Å². The Morgan fingerprint density at radius 3 is 2.52 bits per heavy atom. The number of piperidine rings is 1. The highest BCUT2D eigenvalue weighted by Crippen LogP contribution is 2.43. The summed E-state index contributed by atoms with van der Waals surface area (Å²) >= 11 is 7.02. The van der Waals surface area contributed by atoms with Crippen molar-refractivity contribution in [1.29, 1.82) is 5.26 Å². The third-order valence-corrected chi connectivity index (χ3v) is 12.0. The van der Waals surface area contributed by atoms with Crippen LogP contribution in [0.2, 0.25) is 0 Å². The van der Waals surface area contributed by atoms with Gasteiger partial charge in [-0.3, -0.25) is 4.40 Å². The van der Waals surface area contributed by atoms with Crippen molar-refractivity contribution in [2.75, 3.05) is 54.7 Å². The van der Waals surface area contributed by atoms with Crippen molar-refractivity contribution in [2.45, 2.75) is 39.5 Å². The Hall–Kier alpha value is -3.24. The molecule has 44 heavy (non-hydrogen) atoms. The standard InChI is InChI=1S/C31H35ClFN7O2S2/c1-4-25-29(37(3)30-36-27(26(17-34)43-30)22-6-8-23(33)9-7-22)40-18-24(16-21(2)28(40)35-25)38-13-10-31(11-14-38)19-39(20-31)44(41,42)15-5-12-32/h6-9,16,18H,4-5,10-15,19-20H2,1-3H3. The second-order valence-electron chi connectivity index (χ2n) is 11.8. The fourth-order valence-corrected chi connectivity index (χ4v) is 9.18. The zero-order valence-corrected chi connectivity index (χ0v) is 27.4. The number of hydrogen-bond donors (Lipinski definition) is 0. The lowest BCUT2D eigenvalue weighted by atomic mass is 9.73. The number of rotatable bonds is 9. The van der Waals surface area contributed by atoms with Crippen molar-refractivity contribution in [3.63, 3.8) is 0 Å². The third kappa shape index (κ3) is 5.55. The van der Waals surface area contributed by atoms with Gasteiger partial charge in [-0.25, -0.2) is 27.1 Å². The minimum Gasteiger partial charge on any atom is -0.370 e. The summed E-state index contributed by atoms with van der Waals surface area (Å²) in [5, 5.41) is 10.5. The van der Waals surface area contributed by atoms with Crippen LogP contribution in [0.5, 0.6) is 0 Å². The number of aryl methyl sites for hydroxylation is 2. The largest absolute Gasteiger partial charge is 0.370 e. The van der Waals surface area contributed by atoms with Gasteiger partial charge in [0.25, 0.3) is 0 Å². The molecule has 2 aliphatic rings. The van der Waals surface area contributed by atoms with E-state index >= 15 is 0 Å². The predicted octanol–water partition coefficient (Wildman–Crippen LogP) is 5.97. The number of imidazole rings is 1. The zero-order chi connectivity index (χ0) is 31.2. The van der Waals surface area contributed by atoms with E-state index in [0.29, 0.717) is 53.1 Å². The minimum absolute atomic E-state index is 0.0466. The van der Waals surface area contributed by atoms with Crippen LogP contribution in [0.15, 0.2) is 36.5 Å². The van der Waals surface area contributed by atoms with Crippen molar-refractivity contribution in [3.05, 3.63) is 58.5 Å². The van der Waals surface area contributed by atoms with E-state index in [0.717, 1.165) is 54.3 Å². The number of halogens is 2. The summed E-state index contributed by atoms with van der Waals surface area (Å²) in [6, 6.07) is 10.5. The van der Waals surface area contributed by atoms with Gasteiger partial charge in [0.05, 0.1) is 17.1 Å². The Morgan fingerprint density at radius 2 is 1.89 bits per heavy atom. The number of benzene rings is 1. The van der Waals surface area contributed by atoms with E-state index in [9.17, 15) is 18.1 Å². The molecule has 232 valence electrons. The van der Waals surface area contributed by atoms with Gasteiger partial charge in [-0.2, -0.15) is 5.26 Å². The van der Waals surface area contributed by atoms with E-state index in [1.807, 2.05) is 11.9 Å². The summed E-state index contributed by atoms with van der Waals surface area (Å²) in [6.45, 7) is 7.03. The molecule has 9 nitrogen and oxygen atoms in total. The first-order valence-electron chi connectivity index (χ1n) is 14.8. The lowest BCUT2D eigenvalue weighted by molar-refractivity contribution is 0.0437. The molecule has 0 amide bonds. The predicted molar refractivity (Wildman–Crippen MR) is 174 cm³/mol. The second kappa shape index (κ2) is 11.9. The smallest absolute Gasteiger partial charge is 0.214 e.